The van der Waals surface area contributed by atoms with Gasteiger partial charge in [-0.25, -0.2) is 0 Å². The van der Waals surface area contributed by atoms with Crippen LogP contribution in [0.4, 0.5) is 11.4 Å². The van der Waals surface area contributed by atoms with E-state index >= 15 is 0 Å². The monoisotopic (exact) mass is 394 g/mol. The Balaban J connectivity index is 1.63. The largest absolute Gasteiger partial charge is 0.338 e. The van der Waals surface area contributed by atoms with Crippen LogP contribution < -0.4 is 16.0 Å². The molecule has 1 aliphatic rings. The highest BCUT2D eigenvalue weighted by atomic mass is 16.2. The summed E-state index contributed by atoms with van der Waals surface area (Å²) in [5, 5.41) is 2.76. The lowest BCUT2D eigenvalue weighted by Crippen LogP contribution is -2.42. The maximum atomic E-state index is 12.8. The molecular formula is C22H26N4O3. The number of anilines is 2. The number of carbonyl (C=O) groups is 3. The van der Waals surface area contributed by atoms with Crippen LogP contribution in [0.5, 0.6) is 0 Å². The lowest BCUT2D eigenvalue weighted by Gasteiger charge is -2.29. The molecule has 0 saturated carbocycles. The van der Waals surface area contributed by atoms with E-state index in [0.717, 1.165) is 5.56 Å². The highest BCUT2D eigenvalue weighted by Gasteiger charge is 2.27. The van der Waals surface area contributed by atoms with Crippen LogP contribution in [-0.2, 0) is 20.9 Å². The van der Waals surface area contributed by atoms with E-state index in [4.69, 9.17) is 5.73 Å². The van der Waals surface area contributed by atoms with Crippen LogP contribution in [0, 0.1) is 0 Å². The van der Waals surface area contributed by atoms with Crippen LogP contribution in [0.25, 0.3) is 0 Å². The summed E-state index contributed by atoms with van der Waals surface area (Å²) in [6.45, 7) is 1.50. The summed E-state index contributed by atoms with van der Waals surface area (Å²) in [5.41, 5.74) is 7.91. The van der Waals surface area contributed by atoms with E-state index in [0.29, 0.717) is 37.4 Å². The van der Waals surface area contributed by atoms with Gasteiger partial charge in [-0.3, -0.25) is 14.4 Å². The fraction of sp³-hybridized carbons (Fsp3) is 0.318. The fourth-order valence-electron chi connectivity index (χ4n) is 3.34. The first-order valence-electron chi connectivity index (χ1n) is 9.79. The summed E-state index contributed by atoms with van der Waals surface area (Å²) in [5.74, 6) is -0.568. The quantitative estimate of drug-likeness (QED) is 0.717. The normalized spacial score (nSPS) is 12.9. The predicted molar refractivity (Wildman–Crippen MR) is 112 cm³/mol. The molecule has 7 heteroatoms. The van der Waals surface area contributed by atoms with Crippen LogP contribution >= 0.6 is 0 Å². The van der Waals surface area contributed by atoms with E-state index in [1.807, 2.05) is 36.4 Å². The standard InChI is InChI=1S/C22H26N4O3/c23-13-6-14-25(15-17-7-2-1-3-8-17)21(28)11-12-22(29)26-16-20(27)24-18-9-4-5-10-19(18)26/h1-5,7-10H,6,11-16,23H2,(H,24,27). The molecule has 0 aliphatic carbocycles. The van der Waals surface area contributed by atoms with E-state index in [1.54, 1.807) is 23.1 Å². The van der Waals surface area contributed by atoms with Crippen molar-refractivity contribution in [2.45, 2.75) is 25.8 Å². The number of rotatable bonds is 8. The van der Waals surface area contributed by atoms with Crippen molar-refractivity contribution in [1.82, 2.24) is 4.90 Å². The Morgan fingerprint density at radius 3 is 2.52 bits per heavy atom. The molecule has 0 bridgehead atoms. The average molecular weight is 394 g/mol. The summed E-state index contributed by atoms with van der Waals surface area (Å²) < 4.78 is 0. The number of fused-ring (bicyclic) bond motifs is 1. The molecule has 152 valence electrons. The minimum absolute atomic E-state index is 0.0368. The molecular weight excluding hydrogens is 368 g/mol. The molecule has 0 aromatic heterocycles. The van der Waals surface area contributed by atoms with Crippen molar-refractivity contribution in [3.8, 4) is 0 Å². The van der Waals surface area contributed by atoms with Crippen LogP contribution in [0.3, 0.4) is 0 Å². The Bertz CT molecular complexity index is 869. The third-order valence-electron chi connectivity index (χ3n) is 4.83. The highest BCUT2D eigenvalue weighted by Crippen LogP contribution is 2.29. The Morgan fingerprint density at radius 1 is 1.03 bits per heavy atom. The molecule has 3 amide bonds. The lowest BCUT2D eigenvalue weighted by molar-refractivity contribution is -0.133. The molecule has 0 unspecified atom stereocenters. The van der Waals surface area contributed by atoms with Gasteiger partial charge in [0.1, 0.15) is 6.54 Å². The van der Waals surface area contributed by atoms with Gasteiger partial charge in [0.15, 0.2) is 0 Å². The van der Waals surface area contributed by atoms with Gasteiger partial charge in [0.05, 0.1) is 11.4 Å². The van der Waals surface area contributed by atoms with Gasteiger partial charge in [-0.1, -0.05) is 42.5 Å². The zero-order chi connectivity index (χ0) is 20.6. The molecule has 2 aromatic carbocycles. The van der Waals surface area contributed by atoms with Gasteiger partial charge in [0, 0.05) is 25.9 Å². The van der Waals surface area contributed by atoms with Crippen LogP contribution in [0.2, 0.25) is 0 Å². The van der Waals surface area contributed by atoms with E-state index in [1.165, 1.54) is 4.90 Å². The van der Waals surface area contributed by atoms with Crippen molar-refractivity contribution in [3.63, 3.8) is 0 Å². The van der Waals surface area contributed by atoms with Crippen LogP contribution in [-0.4, -0.2) is 42.3 Å². The molecule has 0 fully saturated rings. The molecule has 29 heavy (non-hydrogen) atoms. The van der Waals surface area contributed by atoms with Gasteiger partial charge in [0.25, 0.3) is 0 Å². The second kappa shape index (κ2) is 9.84. The Labute approximate surface area is 170 Å². The summed E-state index contributed by atoms with van der Waals surface area (Å²) in [6, 6.07) is 16.9. The second-order valence-electron chi connectivity index (χ2n) is 6.99. The fourth-order valence-corrected chi connectivity index (χ4v) is 3.34. The maximum Gasteiger partial charge on any atom is 0.244 e. The molecule has 0 atom stereocenters. The van der Waals surface area contributed by atoms with Gasteiger partial charge in [0.2, 0.25) is 17.7 Å². The van der Waals surface area contributed by atoms with Gasteiger partial charge >= 0.3 is 0 Å². The van der Waals surface area contributed by atoms with Gasteiger partial charge in [-0.05, 0) is 30.7 Å². The van der Waals surface area contributed by atoms with Crippen molar-refractivity contribution >= 4 is 29.1 Å². The molecule has 7 nitrogen and oxygen atoms in total. The van der Waals surface area contributed by atoms with Crippen LogP contribution in [0.1, 0.15) is 24.8 Å². The number of hydrogen-bond donors (Lipinski definition) is 2. The van der Waals surface area contributed by atoms with Gasteiger partial charge in [-0.15, -0.1) is 0 Å². The number of hydrogen-bond acceptors (Lipinski definition) is 4. The minimum atomic E-state index is -0.239. The first-order chi connectivity index (χ1) is 14.1. The third kappa shape index (κ3) is 5.42. The molecule has 3 N–H and O–H groups in total. The van der Waals surface area contributed by atoms with E-state index in [2.05, 4.69) is 5.32 Å². The van der Waals surface area contributed by atoms with E-state index < -0.39 is 0 Å². The number of nitrogens with zero attached hydrogens (tertiary/aromatic N) is 2. The first kappa shape index (κ1) is 20.5. The predicted octanol–water partition coefficient (Wildman–Crippen LogP) is 2.13. The molecule has 0 radical (unpaired) electrons. The highest BCUT2D eigenvalue weighted by molar-refractivity contribution is 6.10. The molecule has 2 aromatic rings. The number of nitrogens with one attached hydrogen (secondary N) is 1. The Morgan fingerprint density at radius 2 is 1.76 bits per heavy atom. The molecule has 0 spiro atoms. The molecule has 3 rings (SSSR count). The molecule has 1 heterocycles. The maximum absolute atomic E-state index is 12.8. The number of para-hydroxylation sites is 2. The third-order valence-corrected chi connectivity index (χ3v) is 4.83. The number of nitrogens with two attached hydrogens (primary N) is 1. The number of benzene rings is 2. The number of amides is 3. The topological polar surface area (TPSA) is 95.7 Å². The second-order valence-corrected chi connectivity index (χ2v) is 6.99. The SMILES string of the molecule is NCCCN(Cc1ccccc1)C(=O)CCC(=O)N1CC(=O)Nc2ccccc21. The lowest BCUT2D eigenvalue weighted by atomic mass is 10.1. The molecule has 1 aliphatic heterocycles. The van der Waals surface area contributed by atoms with Gasteiger partial charge < -0.3 is 20.9 Å². The van der Waals surface area contributed by atoms with Crippen molar-refractivity contribution in [2.75, 3.05) is 29.9 Å². The average Bonchev–Trinajstić information content (AvgIpc) is 2.74. The van der Waals surface area contributed by atoms with Crippen molar-refractivity contribution in [2.24, 2.45) is 5.73 Å². The summed E-state index contributed by atoms with van der Waals surface area (Å²) in [6.07, 6.45) is 0.844. The Hall–Kier alpha value is -3.19. The van der Waals surface area contributed by atoms with Crippen molar-refractivity contribution < 1.29 is 14.4 Å². The minimum Gasteiger partial charge on any atom is -0.338 e. The smallest absolute Gasteiger partial charge is 0.244 e. The zero-order valence-corrected chi connectivity index (χ0v) is 16.3. The zero-order valence-electron chi connectivity index (χ0n) is 16.3. The summed E-state index contributed by atoms with van der Waals surface area (Å²) >= 11 is 0. The Kier molecular flexibility index (Phi) is 6.97. The van der Waals surface area contributed by atoms with Crippen molar-refractivity contribution in [3.05, 3.63) is 60.2 Å². The summed E-state index contributed by atoms with van der Waals surface area (Å²) in [7, 11) is 0. The van der Waals surface area contributed by atoms with Crippen LogP contribution in [0.15, 0.2) is 54.6 Å². The first-order valence-corrected chi connectivity index (χ1v) is 9.79. The number of carbonyl (C=O) groups excluding carboxylic acids is 3. The van der Waals surface area contributed by atoms with Gasteiger partial charge in [-0.2, -0.15) is 0 Å². The summed E-state index contributed by atoms with van der Waals surface area (Å²) in [4.78, 5) is 40.7. The van der Waals surface area contributed by atoms with Crippen molar-refractivity contribution in [1.29, 1.82) is 0 Å². The molecule has 0 saturated heterocycles. The van der Waals surface area contributed by atoms with E-state index in [9.17, 15) is 14.4 Å². The van der Waals surface area contributed by atoms with E-state index in [-0.39, 0.29) is 37.1 Å².